The lowest BCUT2D eigenvalue weighted by atomic mass is 9.89. The number of nitrogens with zero attached hydrogens (tertiary/aromatic N) is 1. The first-order valence-corrected chi connectivity index (χ1v) is 11.7. The summed E-state index contributed by atoms with van der Waals surface area (Å²) in [5, 5.41) is 15.8. The van der Waals surface area contributed by atoms with Crippen molar-refractivity contribution in [3.05, 3.63) is 64.2 Å². The highest BCUT2D eigenvalue weighted by Crippen LogP contribution is 2.39. The summed E-state index contributed by atoms with van der Waals surface area (Å²) in [5.41, 5.74) is 3.01. The Morgan fingerprint density at radius 1 is 1.27 bits per heavy atom. The number of hydrogen-bond acceptors (Lipinski definition) is 6. The Balaban J connectivity index is 1.25. The highest BCUT2D eigenvalue weighted by Gasteiger charge is 2.25. The lowest BCUT2D eigenvalue weighted by Crippen LogP contribution is -2.21. The molecule has 1 aliphatic carbocycles. The minimum absolute atomic E-state index is 0.00290. The van der Waals surface area contributed by atoms with Crippen molar-refractivity contribution in [1.29, 1.82) is 5.26 Å². The Kier molecular flexibility index (Phi) is 5.61. The van der Waals surface area contributed by atoms with Gasteiger partial charge < -0.3 is 14.5 Å². The van der Waals surface area contributed by atoms with E-state index in [0.29, 0.717) is 22.1 Å². The number of carbonyl (C=O) groups is 2. The van der Waals surface area contributed by atoms with Crippen LogP contribution in [0.2, 0.25) is 0 Å². The molecule has 0 saturated carbocycles. The normalized spacial score (nSPS) is 15.2. The molecule has 6 nitrogen and oxygen atoms in total. The lowest BCUT2D eigenvalue weighted by molar-refractivity contribution is -0.146. The first-order valence-electron chi connectivity index (χ1n) is 10.9. The minimum Gasteiger partial charge on any atom is -0.464 e. The number of benzene rings is 2. The van der Waals surface area contributed by atoms with Crippen LogP contribution in [0.25, 0.3) is 21.7 Å². The van der Waals surface area contributed by atoms with Crippen molar-refractivity contribution in [2.45, 2.75) is 32.6 Å². The summed E-state index contributed by atoms with van der Waals surface area (Å²) in [4.78, 5) is 26.1. The van der Waals surface area contributed by atoms with Crippen LogP contribution < -0.4 is 5.32 Å². The molecule has 1 atom stereocenters. The molecule has 0 unspecified atom stereocenters. The monoisotopic (exact) mass is 458 g/mol. The number of amides is 1. The van der Waals surface area contributed by atoms with Gasteiger partial charge in [-0.3, -0.25) is 9.59 Å². The van der Waals surface area contributed by atoms with E-state index in [9.17, 15) is 14.9 Å². The Morgan fingerprint density at radius 3 is 2.97 bits per heavy atom. The van der Waals surface area contributed by atoms with E-state index in [1.54, 1.807) is 6.26 Å². The van der Waals surface area contributed by atoms with Crippen LogP contribution in [0.4, 0.5) is 5.00 Å². The van der Waals surface area contributed by atoms with Gasteiger partial charge >= 0.3 is 5.97 Å². The maximum Gasteiger partial charge on any atom is 0.310 e. The Labute approximate surface area is 194 Å². The molecule has 4 aromatic rings. The number of furan rings is 1. The molecule has 2 aromatic heterocycles. The van der Waals surface area contributed by atoms with E-state index < -0.39 is 18.5 Å². The van der Waals surface area contributed by atoms with Crippen LogP contribution in [0.1, 0.15) is 34.9 Å². The molecular formula is C26H22N2O4S. The first-order chi connectivity index (χ1) is 16.0. The second-order valence-corrected chi connectivity index (χ2v) is 9.58. The number of carbonyl (C=O) groups excluding carboxylic acids is 2. The maximum absolute atomic E-state index is 12.5. The van der Waals surface area contributed by atoms with E-state index in [0.717, 1.165) is 51.4 Å². The molecule has 0 aliphatic heterocycles. The molecule has 5 rings (SSSR count). The van der Waals surface area contributed by atoms with E-state index in [-0.39, 0.29) is 6.42 Å². The highest BCUT2D eigenvalue weighted by molar-refractivity contribution is 7.16. The summed E-state index contributed by atoms with van der Waals surface area (Å²) in [6.07, 6.45) is 4.39. The van der Waals surface area contributed by atoms with Gasteiger partial charge in [0.15, 0.2) is 6.61 Å². The molecule has 166 valence electrons. The van der Waals surface area contributed by atoms with Crippen molar-refractivity contribution in [2.75, 3.05) is 11.9 Å². The molecule has 2 heterocycles. The SMILES string of the molecule is C[C@H]1CCc2c(sc(NC(=O)COC(=O)Cc3coc4ccc5ccccc5c34)c2C#N)C1. The van der Waals surface area contributed by atoms with Gasteiger partial charge in [-0.1, -0.05) is 37.3 Å². The van der Waals surface area contributed by atoms with Crippen LogP contribution in [-0.4, -0.2) is 18.5 Å². The van der Waals surface area contributed by atoms with Crippen molar-refractivity contribution in [3.63, 3.8) is 0 Å². The van der Waals surface area contributed by atoms with Crippen LogP contribution in [0.3, 0.4) is 0 Å². The van der Waals surface area contributed by atoms with E-state index in [1.807, 2.05) is 36.4 Å². The van der Waals surface area contributed by atoms with Gasteiger partial charge in [-0.2, -0.15) is 5.26 Å². The van der Waals surface area contributed by atoms with Gasteiger partial charge in [-0.05, 0) is 47.6 Å². The zero-order valence-corrected chi connectivity index (χ0v) is 19.0. The number of ether oxygens (including phenoxy) is 1. The van der Waals surface area contributed by atoms with E-state index in [4.69, 9.17) is 9.15 Å². The molecule has 0 spiro atoms. The summed E-state index contributed by atoms with van der Waals surface area (Å²) in [7, 11) is 0. The summed E-state index contributed by atoms with van der Waals surface area (Å²) in [5.74, 6) is -0.391. The van der Waals surface area contributed by atoms with Gasteiger partial charge in [0, 0.05) is 15.8 Å². The summed E-state index contributed by atoms with van der Waals surface area (Å²) < 4.78 is 10.9. The van der Waals surface area contributed by atoms with Crippen molar-refractivity contribution in [2.24, 2.45) is 5.92 Å². The molecule has 0 saturated heterocycles. The average molecular weight is 459 g/mol. The highest BCUT2D eigenvalue weighted by atomic mass is 32.1. The summed E-state index contributed by atoms with van der Waals surface area (Å²) in [6.45, 7) is 1.79. The Bertz CT molecular complexity index is 1430. The molecule has 1 N–H and O–H groups in total. The molecular weight excluding hydrogens is 436 g/mol. The molecule has 0 bridgehead atoms. The predicted octanol–water partition coefficient (Wildman–Crippen LogP) is 5.37. The van der Waals surface area contributed by atoms with Crippen molar-refractivity contribution in [1.82, 2.24) is 0 Å². The van der Waals surface area contributed by atoms with E-state index in [1.165, 1.54) is 11.3 Å². The first kappa shape index (κ1) is 21.2. The molecule has 7 heteroatoms. The van der Waals surface area contributed by atoms with Crippen molar-refractivity contribution < 1.29 is 18.7 Å². The quantitative estimate of drug-likeness (QED) is 0.406. The van der Waals surface area contributed by atoms with Crippen molar-refractivity contribution >= 4 is 50.0 Å². The predicted molar refractivity (Wildman–Crippen MR) is 127 cm³/mol. The molecule has 0 fully saturated rings. The Morgan fingerprint density at radius 2 is 2.12 bits per heavy atom. The molecule has 1 amide bonds. The number of esters is 1. The van der Waals surface area contributed by atoms with Crippen LogP contribution in [0.5, 0.6) is 0 Å². The fourth-order valence-corrected chi connectivity index (χ4v) is 5.85. The van der Waals surface area contributed by atoms with E-state index >= 15 is 0 Å². The topological polar surface area (TPSA) is 92.3 Å². The number of nitrogens with one attached hydrogen (secondary N) is 1. The third kappa shape index (κ3) is 4.10. The van der Waals surface area contributed by atoms with Gasteiger partial charge in [0.05, 0.1) is 18.2 Å². The average Bonchev–Trinajstić information content (AvgIpc) is 3.37. The van der Waals surface area contributed by atoms with Gasteiger partial charge in [0.1, 0.15) is 16.7 Å². The molecule has 0 radical (unpaired) electrons. The van der Waals surface area contributed by atoms with Gasteiger partial charge in [-0.25, -0.2) is 0 Å². The number of thiophene rings is 1. The standard InChI is InChI=1S/C26H22N2O4S/c1-15-6-8-19-20(12-27)26(33-22(19)10-15)28-23(29)14-32-24(30)11-17-13-31-21-9-7-16-4-2-3-5-18(16)25(17)21/h2-5,7,9,13,15H,6,8,10-11,14H2,1H3,(H,28,29)/t15-/m0/s1. The zero-order chi connectivity index (χ0) is 22.9. The number of fused-ring (bicyclic) bond motifs is 4. The van der Waals surface area contributed by atoms with Crippen LogP contribution in [0.15, 0.2) is 47.1 Å². The number of rotatable bonds is 5. The smallest absolute Gasteiger partial charge is 0.310 e. The third-order valence-electron chi connectivity index (χ3n) is 6.12. The Hall–Kier alpha value is -3.63. The fourth-order valence-electron chi connectivity index (χ4n) is 4.48. The van der Waals surface area contributed by atoms with Gasteiger partial charge in [0.2, 0.25) is 0 Å². The number of anilines is 1. The van der Waals surface area contributed by atoms with Gasteiger partial charge in [0.25, 0.3) is 5.91 Å². The third-order valence-corrected chi connectivity index (χ3v) is 7.29. The second kappa shape index (κ2) is 8.72. The largest absolute Gasteiger partial charge is 0.464 e. The maximum atomic E-state index is 12.5. The lowest BCUT2D eigenvalue weighted by Gasteiger charge is -2.17. The minimum atomic E-state index is -0.513. The molecule has 1 aliphatic rings. The zero-order valence-electron chi connectivity index (χ0n) is 18.1. The van der Waals surface area contributed by atoms with Crippen molar-refractivity contribution in [3.8, 4) is 6.07 Å². The van der Waals surface area contributed by atoms with E-state index in [2.05, 4.69) is 18.3 Å². The number of nitriles is 1. The van der Waals surface area contributed by atoms with Crippen LogP contribution >= 0.6 is 11.3 Å². The van der Waals surface area contributed by atoms with Gasteiger partial charge in [-0.15, -0.1) is 11.3 Å². The van der Waals surface area contributed by atoms with Crippen LogP contribution in [-0.2, 0) is 33.6 Å². The summed E-state index contributed by atoms with van der Waals surface area (Å²) in [6, 6.07) is 14.0. The second-order valence-electron chi connectivity index (χ2n) is 8.47. The molecule has 33 heavy (non-hydrogen) atoms. The molecule has 2 aromatic carbocycles. The van der Waals surface area contributed by atoms with Crippen LogP contribution in [0, 0.1) is 17.2 Å². The fraction of sp³-hybridized carbons (Fsp3) is 0.269. The number of hydrogen-bond donors (Lipinski definition) is 1. The summed E-state index contributed by atoms with van der Waals surface area (Å²) >= 11 is 1.45.